The molecule has 0 aliphatic rings. The number of hydrogen-bond acceptors (Lipinski definition) is 9. The van der Waals surface area contributed by atoms with E-state index < -0.39 is 77.2 Å². The lowest BCUT2D eigenvalue weighted by Gasteiger charge is -2.36. The monoisotopic (exact) mass is 1100 g/mol. The summed E-state index contributed by atoms with van der Waals surface area (Å²) < 4.78 is 22.3. The summed E-state index contributed by atoms with van der Waals surface area (Å²) in [6, 6.07) is 34.4. The Hall–Kier alpha value is -5.57. The Morgan fingerprint density at radius 2 is 0.405 bits per heavy atom. The highest BCUT2D eigenvalue weighted by molar-refractivity contribution is 7.41. The lowest BCUT2D eigenvalue weighted by atomic mass is 9.79. The molecule has 6 aromatic carbocycles. The lowest BCUT2D eigenvalue weighted by molar-refractivity contribution is 0.0663. The van der Waals surface area contributed by atoms with E-state index in [-0.39, 0.29) is 34.5 Å². The fourth-order valence-electron chi connectivity index (χ4n) is 11.0. The molecule has 0 heterocycles. The average molecular weight is 1100 g/mol. The molecule has 79 heavy (non-hydrogen) atoms. The van der Waals surface area contributed by atoms with Crippen molar-refractivity contribution in [2.24, 2.45) is 0 Å². The van der Waals surface area contributed by atoms with Crippen LogP contribution in [0.15, 0.2) is 109 Å². The number of phenols is 6. The second kappa shape index (κ2) is 23.1. The summed E-state index contributed by atoms with van der Waals surface area (Å²) in [5, 5.41) is 67.9. The number of rotatable bonds is 15. The van der Waals surface area contributed by atoms with Gasteiger partial charge in [-0.1, -0.05) is 197 Å². The van der Waals surface area contributed by atoms with Crippen molar-refractivity contribution in [3.63, 3.8) is 0 Å². The third-order valence-corrected chi connectivity index (χ3v) is 16.8. The molecule has 6 rings (SSSR count). The molecule has 0 aliphatic carbocycles. The molecule has 6 N–H and O–H groups in total. The summed E-state index contributed by atoms with van der Waals surface area (Å²) in [7, 11) is -2.33. The molecule has 0 amide bonds. The average Bonchev–Trinajstić information content (AvgIpc) is 3.39. The van der Waals surface area contributed by atoms with Crippen LogP contribution in [0.5, 0.6) is 34.5 Å². The standard InChI is InChI=1S/C69H93O9P/c1-40(61(43-22-28-55(70)49(34-43)64(4,5)6)44-23-29-56(71)50(35-44)65(7,8)9)76-79(77-41(2)62(45-24-30-57(72)51(36-45)66(10,11)12)46-25-31-58(73)52(37-46)67(13,14)15)78-42(3)63(47-26-32-59(74)53(38-47)68(16,17)18)48-27-33-60(75)54(39-48)69(19,20)21/h22-42,61-63,70-75H,1-21H3. The Balaban J connectivity index is 1.62. The van der Waals surface area contributed by atoms with Crippen LogP contribution in [-0.2, 0) is 46.1 Å². The molecular weight excluding hydrogens is 1000 g/mol. The summed E-state index contributed by atoms with van der Waals surface area (Å²) in [6.07, 6.45) is -1.95. The molecular formula is C69H93O9P. The van der Waals surface area contributed by atoms with Crippen LogP contribution in [0.2, 0.25) is 0 Å². The van der Waals surface area contributed by atoms with Crippen LogP contribution < -0.4 is 0 Å². The molecule has 10 heteroatoms. The van der Waals surface area contributed by atoms with Crippen LogP contribution in [0.4, 0.5) is 0 Å². The molecule has 0 saturated heterocycles. The smallest absolute Gasteiger partial charge is 0.333 e. The van der Waals surface area contributed by atoms with Gasteiger partial charge in [-0.3, -0.25) is 0 Å². The Morgan fingerprint density at radius 1 is 0.266 bits per heavy atom. The minimum absolute atomic E-state index is 0.193. The van der Waals surface area contributed by atoms with Gasteiger partial charge in [0, 0.05) is 17.8 Å². The van der Waals surface area contributed by atoms with Crippen molar-refractivity contribution in [3.05, 3.63) is 176 Å². The molecule has 9 nitrogen and oxygen atoms in total. The minimum atomic E-state index is -2.33. The molecule has 0 aliphatic heterocycles. The van der Waals surface area contributed by atoms with Gasteiger partial charge in [0.15, 0.2) is 0 Å². The van der Waals surface area contributed by atoms with E-state index >= 15 is 0 Å². The van der Waals surface area contributed by atoms with E-state index in [0.29, 0.717) is 0 Å². The predicted molar refractivity (Wildman–Crippen MR) is 325 cm³/mol. The molecule has 428 valence electrons. The predicted octanol–water partition coefficient (Wildman–Crippen LogP) is 17.9. The first-order chi connectivity index (χ1) is 36.2. The highest BCUT2D eigenvalue weighted by Crippen LogP contribution is 2.53. The van der Waals surface area contributed by atoms with Crippen LogP contribution >= 0.6 is 8.60 Å². The van der Waals surface area contributed by atoms with Gasteiger partial charge < -0.3 is 44.2 Å². The maximum absolute atomic E-state index is 11.3. The zero-order valence-electron chi connectivity index (χ0n) is 51.2. The third-order valence-electron chi connectivity index (χ3n) is 15.3. The molecule has 0 aromatic heterocycles. The second-order valence-corrected chi connectivity index (χ2v) is 29.3. The maximum atomic E-state index is 11.3. The summed E-state index contributed by atoms with van der Waals surface area (Å²) in [6.45, 7) is 43.4. The molecule has 0 bridgehead atoms. The summed E-state index contributed by atoms with van der Waals surface area (Å²) >= 11 is 0. The summed E-state index contributed by atoms with van der Waals surface area (Å²) in [4.78, 5) is 0. The number of hydrogen-bond donors (Lipinski definition) is 6. The zero-order chi connectivity index (χ0) is 59.3. The van der Waals surface area contributed by atoms with Crippen molar-refractivity contribution < 1.29 is 44.2 Å². The molecule has 3 atom stereocenters. The van der Waals surface area contributed by atoms with E-state index in [0.717, 1.165) is 66.8 Å². The maximum Gasteiger partial charge on any atom is 0.333 e. The van der Waals surface area contributed by atoms with Crippen LogP contribution in [0.1, 0.15) is 230 Å². The fourth-order valence-corrected chi connectivity index (χ4v) is 12.3. The first-order valence-electron chi connectivity index (χ1n) is 28.0. The van der Waals surface area contributed by atoms with Gasteiger partial charge in [0.05, 0.1) is 18.3 Å². The summed E-state index contributed by atoms with van der Waals surface area (Å²) in [5.41, 5.74) is 7.58. The van der Waals surface area contributed by atoms with Crippen molar-refractivity contribution in [3.8, 4) is 34.5 Å². The van der Waals surface area contributed by atoms with Gasteiger partial charge in [0.1, 0.15) is 34.5 Å². The van der Waals surface area contributed by atoms with E-state index in [1.165, 1.54) is 0 Å². The molecule has 0 radical (unpaired) electrons. The van der Waals surface area contributed by atoms with Crippen molar-refractivity contribution in [1.82, 2.24) is 0 Å². The highest BCUT2D eigenvalue weighted by atomic mass is 31.2. The molecule has 0 saturated carbocycles. The van der Waals surface area contributed by atoms with Gasteiger partial charge in [-0.25, -0.2) is 0 Å². The first-order valence-corrected chi connectivity index (χ1v) is 29.1. The largest absolute Gasteiger partial charge is 0.508 e. The third kappa shape index (κ3) is 14.7. The van der Waals surface area contributed by atoms with E-state index in [2.05, 4.69) is 161 Å². The van der Waals surface area contributed by atoms with Crippen molar-refractivity contribution in [2.75, 3.05) is 0 Å². The van der Waals surface area contributed by atoms with Gasteiger partial charge in [-0.2, -0.15) is 0 Å². The number of aromatic hydroxyl groups is 6. The topological polar surface area (TPSA) is 149 Å². The van der Waals surface area contributed by atoms with Crippen LogP contribution in [0.25, 0.3) is 0 Å². The van der Waals surface area contributed by atoms with Crippen molar-refractivity contribution in [2.45, 2.75) is 214 Å². The zero-order valence-corrected chi connectivity index (χ0v) is 52.1. The molecule has 3 unspecified atom stereocenters. The Morgan fingerprint density at radius 3 is 0.532 bits per heavy atom. The van der Waals surface area contributed by atoms with Gasteiger partial charge in [-0.15, -0.1) is 0 Å². The van der Waals surface area contributed by atoms with E-state index in [9.17, 15) is 30.6 Å². The van der Waals surface area contributed by atoms with Gasteiger partial charge in [0.25, 0.3) is 0 Å². The van der Waals surface area contributed by atoms with Crippen LogP contribution in [0, 0.1) is 0 Å². The number of phenolic OH excluding ortho intramolecular Hbond substituents is 6. The summed E-state index contributed by atoms with van der Waals surface area (Å²) in [5.74, 6) is -0.233. The van der Waals surface area contributed by atoms with Gasteiger partial charge in [-0.05, 0) is 156 Å². The normalized spacial score (nSPS) is 14.7. The van der Waals surface area contributed by atoms with Crippen LogP contribution in [-0.4, -0.2) is 49.0 Å². The Labute approximate surface area is 475 Å². The first kappa shape index (κ1) is 62.6. The van der Waals surface area contributed by atoms with Gasteiger partial charge >= 0.3 is 8.60 Å². The number of benzene rings is 6. The quantitative estimate of drug-likeness (QED) is 0.0553. The van der Waals surface area contributed by atoms with E-state index in [1.807, 2.05) is 57.2 Å². The second-order valence-electron chi connectivity index (χ2n) is 28.2. The minimum Gasteiger partial charge on any atom is -0.508 e. The van der Waals surface area contributed by atoms with Crippen molar-refractivity contribution in [1.29, 1.82) is 0 Å². The van der Waals surface area contributed by atoms with Crippen molar-refractivity contribution >= 4 is 8.60 Å². The fraction of sp³-hybridized carbons (Fsp3) is 0.478. The highest BCUT2D eigenvalue weighted by Gasteiger charge is 2.38. The lowest BCUT2D eigenvalue weighted by Crippen LogP contribution is -2.27. The molecule has 6 aromatic rings. The Kier molecular flexibility index (Phi) is 18.3. The van der Waals surface area contributed by atoms with E-state index in [1.54, 1.807) is 36.4 Å². The molecule has 0 fully saturated rings. The van der Waals surface area contributed by atoms with Crippen LogP contribution in [0.3, 0.4) is 0 Å². The molecule has 0 spiro atoms. The SMILES string of the molecule is CC(OP(OC(C)C(c1ccc(O)c(C(C)(C)C)c1)c1ccc(O)c(C(C)(C)C)c1)OC(C)C(c1ccc(O)c(C(C)(C)C)c1)c1ccc(O)c(C(C)(C)C)c1)C(c1ccc(O)c(C(C)(C)C)c1)c1ccc(O)c(C(C)(C)C)c1. The Bertz CT molecular complexity index is 2580. The van der Waals surface area contributed by atoms with E-state index in [4.69, 9.17) is 13.6 Å². The van der Waals surface area contributed by atoms with Gasteiger partial charge in [0.2, 0.25) is 0 Å².